The number of halogens is 1. The Bertz CT molecular complexity index is 624. The summed E-state index contributed by atoms with van der Waals surface area (Å²) >= 11 is 0. The van der Waals surface area contributed by atoms with E-state index in [-0.39, 0.29) is 18.5 Å². The van der Waals surface area contributed by atoms with Crippen molar-refractivity contribution in [1.29, 1.82) is 0 Å². The van der Waals surface area contributed by atoms with Gasteiger partial charge in [0.25, 0.3) is 0 Å². The Morgan fingerprint density at radius 3 is 1.59 bits per heavy atom. The van der Waals surface area contributed by atoms with Crippen LogP contribution in [0, 0.1) is 27.7 Å². The Kier molecular flexibility index (Phi) is 10.0. The Morgan fingerprint density at radius 1 is 0.741 bits per heavy atom. The molecule has 0 heterocycles. The number of hydrogen-bond donors (Lipinski definition) is 1. The second kappa shape index (κ2) is 11.5. The lowest BCUT2D eigenvalue weighted by Gasteiger charge is -2.26. The molecule has 27 heavy (non-hydrogen) atoms. The number of nitrogens with one attached hydrogen (secondary N) is 1. The molecule has 0 amide bonds. The van der Waals surface area contributed by atoms with Crippen molar-refractivity contribution < 1.29 is 26.8 Å². The van der Waals surface area contributed by atoms with E-state index in [1.54, 1.807) is 0 Å². The van der Waals surface area contributed by atoms with Gasteiger partial charge < -0.3 is 26.8 Å². The average Bonchev–Trinajstić information content (AvgIpc) is 2.56. The van der Waals surface area contributed by atoms with Gasteiger partial charge in [0.05, 0.1) is 33.9 Å². The molecule has 2 rings (SSSR count). The highest BCUT2D eigenvalue weighted by Crippen LogP contribution is 2.34. The molecule has 0 radical (unpaired) electrons. The zero-order valence-electron chi connectivity index (χ0n) is 17.6. The first kappa shape index (κ1) is 23.6. The molecular weight excluding hydrogens is 358 g/mol. The Hall–Kier alpha value is -1.39. The summed E-state index contributed by atoms with van der Waals surface area (Å²) in [5.74, 6) is 0. The molecule has 1 N–H and O–H groups in total. The van der Waals surface area contributed by atoms with Crippen molar-refractivity contribution in [3.63, 3.8) is 0 Å². The fraction of sp³-hybridized carbons (Fsp3) is 0.478. The predicted octanol–water partition coefficient (Wildman–Crippen LogP) is 0.191. The van der Waals surface area contributed by atoms with Gasteiger partial charge in [-0.15, -0.1) is 0 Å². The molecule has 0 atom stereocenters. The standard InChI is InChI=1S/C23H33NO2.ClH/c1-17-9-7-10-18(2)21(17)23(22-19(3)11-8-12-20(22)4)26-16-15-25-14-13-24(5)6;/h7-12,23H,13-16H2,1-6H3;1H. The molecule has 2 aromatic carbocycles. The van der Waals surface area contributed by atoms with E-state index >= 15 is 0 Å². The van der Waals surface area contributed by atoms with Crippen molar-refractivity contribution in [2.24, 2.45) is 0 Å². The van der Waals surface area contributed by atoms with Crippen molar-refractivity contribution in [2.45, 2.75) is 33.8 Å². The van der Waals surface area contributed by atoms with Crippen molar-refractivity contribution in [2.75, 3.05) is 40.5 Å². The number of hydrogen-bond acceptors (Lipinski definition) is 2. The van der Waals surface area contributed by atoms with Gasteiger partial charge in [0.1, 0.15) is 12.6 Å². The maximum atomic E-state index is 6.41. The summed E-state index contributed by atoms with van der Waals surface area (Å²) in [7, 11) is 4.27. The minimum atomic E-state index is -0.0551. The Morgan fingerprint density at radius 2 is 1.19 bits per heavy atom. The molecule has 0 saturated carbocycles. The maximum absolute atomic E-state index is 6.41. The second-order valence-electron chi connectivity index (χ2n) is 7.43. The molecule has 3 nitrogen and oxygen atoms in total. The lowest BCUT2D eigenvalue weighted by atomic mass is 9.89. The molecule has 0 fully saturated rings. The molecule has 0 aliphatic carbocycles. The average molecular weight is 392 g/mol. The molecule has 0 aliphatic heterocycles. The number of quaternary nitrogens is 1. The van der Waals surface area contributed by atoms with Crippen molar-refractivity contribution in [3.05, 3.63) is 69.8 Å². The van der Waals surface area contributed by atoms with Crippen LogP contribution in [0.15, 0.2) is 36.4 Å². The van der Waals surface area contributed by atoms with Crippen LogP contribution in [0.25, 0.3) is 0 Å². The van der Waals surface area contributed by atoms with Gasteiger partial charge in [-0.1, -0.05) is 36.4 Å². The summed E-state index contributed by atoms with van der Waals surface area (Å²) in [6, 6.07) is 12.9. The first-order valence-electron chi connectivity index (χ1n) is 9.52. The first-order valence-corrected chi connectivity index (χ1v) is 9.52. The van der Waals surface area contributed by atoms with Gasteiger partial charge in [0.2, 0.25) is 0 Å². The first-order chi connectivity index (χ1) is 12.4. The molecule has 0 unspecified atom stereocenters. The summed E-state index contributed by atoms with van der Waals surface area (Å²) < 4.78 is 12.2. The third kappa shape index (κ3) is 6.62. The highest BCUT2D eigenvalue weighted by molar-refractivity contribution is 5.46. The van der Waals surface area contributed by atoms with Crippen LogP contribution in [0.1, 0.15) is 39.5 Å². The summed E-state index contributed by atoms with van der Waals surface area (Å²) in [5, 5.41) is 0. The van der Waals surface area contributed by atoms with E-state index in [0.717, 1.165) is 13.2 Å². The smallest absolute Gasteiger partial charge is 0.109 e. The van der Waals surface area contributed by atoms with E-state index in [1.165, 1.54) is 38.3 Å². The highest BCUT2D eigenvalue weighted by Gasteiger charge is 2.22. The van der Waals surface area contributed by atoms with Crippen LogP contribution in [0.4, 0.5) is 0 Å². The summed E-state index contributed by atoms with van der Waals surface area (Å²) in [6.45, 7) is 11.7. The zero-order valence-corrected chi connectivity index (χ0v) is 18.3. The van der Waals surface area contributed by atoms with Crippen LogP contribution < -0.4 is 17.3 Å². The van der Waals surface area contributed by atoms with E-state index in [0.29, 0.717) is 13.2 Å². The van der Waals surface area contributed by atoms with Gasteiger partial charge in [-0.05, 0) is 61.1 Å². The van der Waals surface area contributed by atoms with E-state index < -0.39 is 0 Å². The van der Waals surface area contributed by atoms with Crippen LogP contribution >= 0.6 is 0 Å². The Balaban J connectivity index is 0.00000364. The van der Waals surface area contributed by atoms with E-state index in [4.69, 9.17) is 9.47 Å². The quantitative estimate of drug-likeness (QED) is 0.617. The summed E-state index contributed by atoms with van der Waals surface area (Å²) in [6.07, 6.45) is -0.0551. The zero-order chi connectivity index (χ0) is 19.1. The van der Waals surface area contributed by atoms with Gasteiger partial charge in [-0.25, -0.2) is 0 Å². The monoisotopic (exact) mass is 391 g/mol. The number of aryl methyl sites for hydroxylation is 4. The largest absolute Gasteiger partial charge is 1.00 e. The Labute approximate surface area is 171 Å². The lowest BCUT2D eigenvalue weighted by Crippen LogP contribution is -3.06. The molecule has 4 heteroatoms. The van der Waals surface area contributed by atoms with Gasteiger partial charge in [0, 0.05) is 0 Å². The van der Waals surface area contributed by atoms with Crippen molar-refractivity contribution in [3.8, 4) is 0 Å². The molecular formula is C23H34ClNO2. The molecule has 0 aliphatic rings. The predicted molar refractivity (Wildman–Crippen MR) is 108 cm³/mol. The molecule has 0 bridgehead atoms. The van der Waals surface area contributed by atoms with Gasteiger partial charge in [-0.2, -0.15) is 0 Å². The molecule has 150 valence electrons. The minimum absolute atomic E-state index is 0. The lowest BCUT2D eigenvalue weighted by molar-refractivity contribution is -0.858. The number of likely N-dealkylation sites (N-methyl/N-ethyl adjacent to an activating group) is 1. The van der Waals surface area contributed by atoms with Gasteiger partial charge in [-0.3, -0.25) is 0 Å². The molecule has 2 aromatic rings. The third-order valence-electron chi connectivity index (χ3n) is 4.87. The van der Waals surface area contributed by atoms with Gasteiger partial charge >= 0.3 is 0 Å². The van der Waals surface area contributed by atoms with Crippen LogP contribution in [0.3, 0.4) is 0 Å². The number of benzene rings is 2. The van der Waals surface area contributed by atoms with E-state index in [9.17, 15) is 0 Å². The second-order valence-corrected chi connectivity index (χ2v) is 7.43. The topological polar surface area (TPSA) is 22.9 Å². The van der Waals surface area contributed by atoms with Crippen LogP contribution in [-0.4, -0.2) is 40.5 Å². The van der Waals surface area contributed by atoms with Crippen LogP contribution in [-0.2, 0) is 9.47 Å². The SMILES string of the molecule is Cc1cccc(C)c1C(OCCOCC[NH+](C)C)c1c(C)cccc1C.[Cl-]. The van der Waals surface area contributed by atoms with Crippen molar-refractivity contribution in [1.82, 2.24) is 0 Å². The van der Waals surface area contributed by atoms with E-state index in [1.807, 2.05) is 0 Å². The van der Waals surface area contributed by atoms with Crippen molar-refractivity contribution >= 4 is 0 Å². The minimum Gasteiger partial charge on any atom is -1.00 e. The molecule has 0 aromatic heterocycles. The van der Waals surface area contributed by atoms with Crippen LogP contribution in [0.2, 0.25) is 0 Å². The molecule has 0 saturated heterocycles. The number of rotatable bonds is 9. The summed E-state index contributed by atoms with van der Waals surface area (Å²) in [5.41, 5.74) is 7.65. The van der Waals surface area contributed by atoms with Crippen LogP contribution in [0.5, 0.6) is 0 Å². The number of ether oxygens (including phenoxy) is 2. The molecule has 0 spiro atoms. The fourth-order valence-corrected chi connectivity index (χ4v) is 3.40. The van der Waals surface area contributed by atoms with E-state index in [2.05, 4.69) is 78.2 Å². The maximum Gasteiger partial charge on any atom is 0.109 e. The normalized spacial score (nSPS) is 11.1. The van der Waals surface area contributed by atoms with Gasteiger partial charge in [0.15, 0.2) is 0 Å². The third-order valence-corrected chi connectivity index (χ3v) is 4.87. The highest BCUT2D eigenvalue weighted by atomic mass is 35.5. The fourth-order valence-electron chi connectivity index (χ4n) is 3.40. The summed E-state index contributed by atoms with van der Waals surface area (Å²) in [4.78, 5) is 1.40.